The van der Waals surface area contributed by atoms with Crippen molar-refractivity contribution in [2.24, 2.45) is 5.92 Å². The monoisotopic (exact) mass is 344 g/mol. The molecule has 0 spiro atoms. The average Bonchev–Trinajstić information content (AvgIpc) is 2.74. The lowest BCUT2D eigenvalue weighted by atomic mass is 9.88. The number of hydrogen-bond donors (Lipinski definition) is 0. The maximum Gasteiger partial charge on any atom is 0.127 e. The van der Waals surface area contributed by atoms with E-state index in [-0.39, 0.29) is 6.10 Å². The van der Waals surface area contributed by atoms with Gasteiger partial charge in [-0.3, -0.25) is 0 Å². The Morgan fingerprint density at radius 3 is 1.72 bits per heavy atom. The van der Waals surface area contributed by atoms with E-state index in [2.05, 4.69) is 49.4 Å². The van der Waals surface area contributed by atoms with Crippen LogP contribution in [0.15, 0.2) is 54.6 Å². The van der Waals surface area contributed by atoms with Gasteiger partial charge in [0.15, 0.2) is 0 Å². The molecule has 1 aliphatic rings. The van der Waals surface area contributed by atoms with Gasteiger partial charge in [0.1, 0.15) is 11.9 Å². The minimum Gasteiger partial charge on any atom is -0.485 e. The Bertz CT molecular complexity index is 505. The van der Waals surface area contributed by atoms with Crippen molar-refractivity contribution < 1.29 is 4.74 Å². The molecule has 1 heteroatoms. The first-order valence-electron chi connectivity index (χ1n) is 10.1. The molecule has 0 aliphatic carbocycles. The molecule has 0 amide bonds. The molecule has 0 radical (unpaired) electrons. The third-order valence-electron chi connectivity index (χ3n) is 3.41. The van der Waals surface area contributed by atoms with Gasteiger partial charge in [-0.15, -0.1) is 0 Å². The molecule has 3 rings (SSSR count). The Labute approximate surface area is 157 Å². The second-order valence-corrected chi connectivity index (χ2v) is 4.74. The maximum absolute atomic E-state index is 6.13. The van der Waals surface area contributed by atoms with Crippen LogP contribution in [0, 0.1) is 5.92 Å². The van der Waals surface area contributed by atoms with Crippen LogP contribution in [-0.2, 0) is 6.42 Å². The first-order valence-corrected chi connectivity index (χ1v) is 10.1. The van der Waals surface area contributed by atoms with Crippen molar-refractivity contribution in [3.05, 3.63) is 65.7 Å². The second-order valence-electron chi connectivity index (χ2n) is 4.74. The molecule has 0 saturated carbocycles. The summed E-state index contributed by atoms with van der Waals surface area (Å²) in [5.41, 5.74) is 2.60. The molecule has 2 atom stereocenters. The molecule has 142 valence electrons. The standard InChI is InChI=1S/C16H16O.4C2H6/c1-12-11-14-9-5-6-10-15(14)17-16(12)13-7-3-2-4-8-13;4*1-2/h2-10,12,16H,11H2,1H3;4*1-2H3. The van der Waals surface area contributed by atoms with E-state index in [4.69, 9.17) is 4.74 Å². The minimum absolute atomic E-state index is 0.186. The van der Waals surface area contributed by atoms with Crippen molar-refractivity contribution in [3.8, 4) is 5.75 Å². The Kier molecular flexibility index (Phi) is 17.4. The van der Waals surface area contributed by atoms with E-state index in [9.17, 15) is 0 Å². The summed E-state index contributed by atoms with van der Waals surface area (Å²) < 4.78 is 6.13. The smallest absolute Gasteiger partial charge is 0.127 e. The molecule has 1 aliphatic heterocycles. The van der Waals surface area contributed by atoms with E-state index in [1.807, 2.05) is 67.5 Å². The fourth-order valence-corrected chi connectivity index (χ4v) is 2.53. The van der Waals surface area contributed by atoms with Crippen LogP contribution in [0.5, 0.6) is 5.75 Å². The zero-order valence-corrected chi connectivity index (χ0v) is 18.0. The van der Waals surface area contributed by atoms with Crippen molar-refractivity contribution in [1.82, 2.24) is 0 Å². The largest absolute Gasteiger partial charge is 0.485 e. The van der Waals surface area contributed by atoms with E-state index in [0.29, 0.717) is 5.92 Å². The van der Waals surface area contributed by atoms with Gasteiger partial charge < -0.3 is 4.74 Å². The van der Waals surface area contributed by atoms with E-state index in [1.54, 1.807) is 0 Å². The topological polar surface area (TPSA) is 9.23 Å². The van der Waals surface area contributed by atoms with E-state index in [1.165, 1.54) is 11.1 Å². The van der Waals surface area contributed by atoms with Crippen LogP contribution in [-0.4, -0.2) is 0 Å². The Hall–Kier alpha value is -1.76. The summed E-state index contributed by atoms with van der Waals surface area (Å²) in [6, 6.07) is 18.8. The summed E-state index contributed by atoms with van der Waals surface area (Å²) >= 11 is 0. The maximum atomic E-state index is 6.13. The van der Waals surface area contributed by atoms with Crippen LogP contribution in [0.25, 0.3) is 0 Å². The lowest BCUT2D eigenvalue weighted by molar-refractivity contribution is 0.123. The summed E-state index contributed by atoms with van der Waals surface area (Å²) in [7, 11) is 0. The number of para-hydroxylation sites is 1. The van der Waals surface area contributed by atoms with Gasteiger partial charge in [0, 0.05) is 5.92 Å². The van der Waals surface area contributed by atoms with Gasteiger partial charge in [0.2, 0.25) is 0 Å². The van der Waals surface area contributed by atoms with E-state index >= 15 is 0 Å². The van der Waals surface area contributed by atoms with Gasteiger partial charge in [-0.05, 0) is 23.6 Å². The molecule has 1 nitrogen and oxygen atoms in total. The summed E-state index contributed by atoms with van der Waals surface area (Å²) in [5, 5.41) is 0. The predicted molar refractivity (Wildman–Crippen MR) is 115 cm³/mol. The van der Waals surface area contributed by atoms with Crippen molar-refractivity contribution in [2.75, 3.05) is 0 Å². The van der Waals surface area contributed by atoms with Crippen LogP contribution >= 0.6 is 0 Å². The average molecular weight is 345 g/mol. The van der Waals surface area contributed by atoms with Crippen molar-refractivity contribution in [3.63, 3.8) is 0 Å². The normalized spacial score (nSPS) is 16.4. The minimum atomic E-state index is 0.186. The third-order valence-corrected chi connectivity index (χ3v) is 3.41. The molecule has 0 bridgehead atoms. The van der Waals surface area contributed by atoms with Gasteiger partial charge in [0.05, 0.1) is 0 Å². The van der Waals surface area contributed by atoms with Crippen LogP contribution in [0.2, 0.25) is 0 Å². The first-order chi connectivity index (χ1) is 12.3. The zero-order chi connectivity index (χ0) is 19.7. The van der Waals surface area contributed by atoms with Gasteiger partial charge >= 0.3 is 0 Å². The van der Waals surface area contributed by atoms with Crippen molar-refractivity contribution in [1.29, 1.82) is 0 Å². The summed E-state index contributed by atoms with van der Waals surface area (Å²) in [6.45, 7) is 18.3. The van der Waals surface area contributed by atoms with Gasteiger partial charge in [-0.25, -0.2) is 0 Å². The lowest BCUT2D eigenvalue weighted by Gasteiger charge is -2.31. The Balaban J connectivity index is 0. The molecule has 2 unspecified atom stereocenters. The second kappa shape index (κ2) is 17.1. The van der Waals surface area contributed by atoms with Crippen LogP contribution < -0.4 is 4.74 Å². The molecule has 2 aromatic carbocycles. The number of ether oxygens (including phenoxy) is 1. The summed E-state index contributed by atoms with van der Waals surface area (Å²) in [5.74, 6) is 1.56. The number of rotatable bonds is 1. The molecule has 2 aromatic rings. The molecule has 0 fully saturated rings. The van der Waals surface area contributed by atoms with Gasteiger partial charge in [0.25, 0.3) is 0 Å². The zero-order valence-electron chi connectivity index (χ0n) is 18.0. The molecule has 0 aromatic heterocycles. The highest BCUT2D eigenvalue weighted by molar-refractivity contribution is 5.37. The number of fused-ring (bicyclic) bond motifs is 1. The summed E-state index contributed by atoms with van der Waals surface area (Å²) in [6.07, 6.45) is 1.28. The van der Waals surface area contributed by atoms with Crippen molar-refractivity contribution in [2.45, 2.75) is 74.8 Å². The molecular weight excluding hydrogens is 304 g/mol. The van der Waals surface area contributed by atoms with Crippen LogP contribution in [0.1, 0.15) is 79.5 Å². The molecular formula is C24H40O. The summed E-state index contributed by atoms with van der Waals surface area (Å²) in [4.78, 5) is 0. The van der Waals surface area contributed by atoms with Crippen LogP contribution in [0.4, 0.5) is 0 Å². The molecule has 0 N–H and O–H groups in total. The van der Waals surface area contributed by atoms with E-state index in [0.717, 1.165) is 12.2 Å². The molecule has 25 heavy (non-hydrogen) atoms. The highest BCUT2D eigenvalue weighted by Crippen LogP contribution is 2.38. The van der Waals surface area contributed by atoms with Gasteiger partial charge in [-0.2, -0.15) is 0 Å². The number of hydrogen-bond acceptors (Lipinski definition) is 1. The first kappa shape index (κ1) is 25.5. The number of benzene rings is 2. The van der Waals surface area contributed by atoms with E-state index < -0.39 is 0 Å². The van der Waals surface area contributed by atoms with Crippen LogP contribution in [0.3, 0.4) is 0 Å². The molecule has 1 heterocycles. The van der Waals surface area contributed by atoms with Crippen molar-refractivity contribution >= 4 is 0 Å². The molecule has 0 saturated heterocycles. The fraction of sp³-hybridized carbons (Fsp3) is 0.500. The Morgan fingerprint density at radius 2 is 1.16 bits per heavy atom. The highest BCUT2D eigenvalue weighted by atomic mass is 16.5. The highest BCUT2D eigenvalue weighted by Gasteiger charge is 2.27. The lowest BCUT2D eigenvalue weighted by Crippen LogP contribution is -2.23. The fourth-order valence-electron chi connectivity index (χ4n) is 2.53. The predicted octanol–water partition coefficient (Wildman–Crippen LogP) is 8.10. The third kappa shape index (κ3) is 8.25. The quantitative estimate of drug-likeness (QED) is 0.507. The van der Waals surface area contributed by atoms with Gasteiger partial charge in [-0.1, -0.05) is 111 Å². The SMILES string of the molecule is CC.CC.CC.CC.CC1Cc2ccccc2OC1c1ccccc1. The Morgan fingerprint density at radius 1 is 0.680 bits per heavy atom.